The highest BCUT2D eigenvalue weighted by Crippen LogP contribution is 2.50. The molecule has 0 atom stereocenters. The van der Waals surface area contributed by atoms with Crippen LogP contribution in [0.4, 0.5) is 0 Å². The van der Waals surface area contributed by atoms with Gasteiger partial charge in [-0.05, 0) is 161 Å². The van der Waals surface area contributed by atoms with Crippen molar-refractivity contribution in [3.63, 3.8) is 0 Å². The van der Waals surface area contributed by atoms with Crippen LogP contribution in [0, 0.1) is 0 Å². The lowest BCUT2D eigenvalue weighted by Crippen LogP contribution is -1.98. The molecule has 0 bridgehead atoms. The molecule has 9 heterocycles. The summed E-state index contributed by atoms with van der Waals surface area (Å²) in [6.07, 6.45) is 0. The normalized spacial score (nSPS) is 12.0. The Kier molecular flexibility index (Phi) is 17.4. The Labute approximate surface area is 782 Å². The van der Waals surface area contributed by atoms with Gasteiger partial charge in [0.25, 0.3) is 0 Å². The molecule has 0 spiro atoms. The third kappa shape index (κ3) is 11.8. The minimum atomic E-state index is 0.916. The summed E-state index contributed by atoms with van der Waals surface area (Å²) in [4.78, 5) is 0. The van der Waals surface area contributed by atoms with Crippen LogP contribution in [0.15, 0.2) is 478 Å². The summed E-state index contributed by atoms with van der Waals surface area (Å²) in [5.41, 5.74) is 30.6. The lowest BCUT2D eigenvalue weighted by molar-refractivity contribution is 0.670. The predicted octanol–water partition coefficient (Wildman–Crippen LogP) is 35.3. The van der Waals surface area contributed by atoms with Crippen molar-refractivity contribution in [3.05, 3.63) is 473 Å². The fraction of sp³-hybridized carbons (Fsp3) is 0. The Morgan fingerprint density at radius 2 is 0.422 bits per heavy atom. The van der Waals surface area contributed by atoms with E-state index in [9.17, 15) is 0 Å². The van der Waals surface area contributed by atoms with Crippen LogP contribution < -0.4 is 0 Å². The van der Waals surface area contributed by atoms with E-state index in [4.69, 9.17) is 4.42 Å². The van der Waals surface area contributed by atoms with Crippen LogP contribution in [0.1, 0.15) is 0 Å². The van der Waals surface area contributed by atoms with Gasteiger partial charge in [0.05, 0.1) is 66.2 Å². The molecule has 0 saturated carbocycles. The Hall–Kier alpha value is -17.3. The SMILES string of the molecule is c1ccc(-n2c3ccccc3c3ccc4c5ccccc5n(-c5ccc(-c6cccc7c6oc6ccccc67)cc5)c4c32)cc1.c1ccc(-n2c3ccccc3c3ccc4c5ccccc5n(-c5ccc(-c6cccc7c6sc6ccccc67)cc5)c4c32)cc1.c1ccc(-n2c3ccccc3c3ccc4c5ccccc5n(-c5ccc(-c6cccc7sc8ccccc8c67)cc5)c4c32)cc1. The maximum atomic E-state index is 6.38. The zero-order valence-corrected chi connectivity index (χ0v) is 74.6. The van der Waals surface area contributed by atoms with E-state index in [1.807, 2.05) is 34.8 Å². The van der Waals surface area contributed by atoms with Crippen molar-refractivity contribution in [3.8, 4) is 67.5 Å². The van der Waals surface area contributed by atoms with Crippen molar-refractivity contribution < 1.29 is 4.42 Å². The molecule has 0 amide bonds. The zero-order valence-electron chi connectivity index (χ0n) is 72.9. The van der Waals surface area contributed by atoms with E-state index in [1.165, 1.54) is 205 Å². The smallest absolute Gasteiger partial charge is 0.143 e. The topological polar surface area (TPSA) is 42.7 Å². The van der Waals surface area contributed by atoms with Crippen LogP contribution in [0.2, 0.25) is 0 Å². The maximum absolute atomic E-state index is 6.38. The van der Waals surface area contributed by atoms with Crippen molar-refractivity contribution in [2.45, 2.75) is 0 Å². The van der Waals surface area contributed by atoms with Gasteiger partial charge in [-0.1, -0.05) is 340 Å². The number of nitrogens with zero attached hydrogens (tertiary/aromatic N) is 6. The molecule has 9 aromatic heterocycles. The van der Waals surface area contributed by atoms with Gasteiger partial charge in [-0.15, -0.1) is 22.7 Å². The number of benzene rings is 21. The predicted molar refractivity (Wildman–Crippen MR) is 575 cm³/mol. The molecule has 0 N–H and O–H groups in total. The summed E-state index contributed by atoms with van der Waals surface area (Å²) in [6, 6.07) is 172. The summed E-state index contributed by atoms with van der Waals surface area (Å²) in [5.74, 6) is 0. The average molecular weight is 1760 g/mol. The Morgan fingerprint density at radius 1 is 0.156 bits per heavy atom. The highest BCUT2D eigenvalue weighted by Gasteiger charge is 2.27. The number of furan rings is 1. The van der Waals surface area contributed by atoms with E-state index < -0.39 is 0 Å². The fourth-order valence-corrected chi connectivity index (χ4v) is 24.5. The molecule has 630 valence electrons. The third-order valence-electron chi connectivity index (χ3n) is 28.0. The number of aromatic nitrogens is 6. The third-order valence-corrected chi connectivity index (χ3v) is 30.3. The molecule has 0 unspecified atom stereocenters. The molecule has 0 aliphatic carbocycles. The first kappa shape index (κ1) is 76.5. The summed E-state index contributed by atoms with van der Waals surface area (Å²) < 4.78 is 26.4. The second kappa shape index (κ2) is 30.6. The Morgan fingerprint density at radius 3 is 0.815 bits per heavy atom. The lowest BCUT2D eigenvalue weighted by Gasteiger charge is -2.13. The van der Waals surface area contributed by atoms with E-state index >= 15 is 0 Å². The first-order valence-electron chi connectivity index (χ1n) is 46.1. The van der Waals surface area contributed by atoms with Crippen LogP contribution >= 0.6 is 22.7 Å². The van der Waals surface area contributed by atoms with Crippen molar-refractivity contribution in [2.75, 3.05) is 0 Å². The second-order valence-corrected chi connectivity index (χ2v) is 37.3. The standard InChI is InChI=1S/C42H26N2O.2C42H26N2S/c2*1-2-11-28(12-3-1)43-37-18-7-4-13-31(37)34-25-26-35-32-14-5-8-19-38(32)44(41(35)40(34)43)29-23-21-27(22-24-29)30-16-10-17-36-33-15-6-9-20-39(33)45-42(30)36;1-2-11-28(12-3-1)43-36-17-7-4-13-31(36)33-25-26-34-32-14-5-8-18-37(32)44(42(34)41(33)43)29-23-21-27(22-24-29)30-16-10-20-39-40(30)35-15-6-9-19-38(35)45-39/h3*1-26H. The van der Waals surface area contributed by atoms with Crippen molar-refractivity contribution in [2.24, 2.45) is 0 Å². The number of rotatable bonds is 9. The van der Waals surface area contributed by atoms with Crippen molar-refractivity contribution in [1.29, 1.82) is 0 Å². The molecule has 21 aromatic carbocycles. The minimum Gasteiger partial charge on any atom is -0.455 e. The average Bonchev–Trinajstić information content (AvgIpc) is 1.55. The molecule has 7 nitrogen and oxygen atoms in total. The number of para-hydroxylation sites is 11. The van der Waals surface area contributed by atoms with E-state index in [-0.39, 0.29) is 0 Å². The summed E-state index contributed by atoms with van der Waals surface area (Å²) in [7, 11) is 0. The second-order valence-electron chi connectivity index (χ2n) is 35.2. The van der Waals surface area contributed by atoms with Gasteiger partial charge in [0.15, 0.2) is 0 Å². The number of hydrogen-bond donors (Lipinski definition) is 0. The zero-order chi connectivity index (χ0) is 88.5. The first-order valence-corrected chi connectivity index (χ1v) is 47.7. The van der Waals surface area contributed by atoms with Crippen LogP contribution in [-0.4, -0.2) is 27.4 Å². The molecule has 30 aromatic rings. The summed E-state index contributed by atoms with van der Waals surface area (Å²) >= 11 is 3.75. The van der Waals surface area contributed by atoms with E-state index in [0.717, 1.165) is 55.8 Å². The highest BCUT2D eigenvalue weighted by atomic mass is 32.1. The van der Waals surface area contributed by atoms with Crippen molar-refractivity contribution in [1.82, 2.24) is 27.4 Å². The molecule has 0 radical (unpaired) electrons. The van der Waals surface area contributed by atoms with Gasteiger partial charge in [0.1, 0.15) is 11.2 Å². The largest absolute Gasteiger partial charge is 0.455 e. The van der Waals surface area contributed by atoms with Crippen molar-refractivity contribution >= 4 is 216 Å². The van der Waals surface area contributed by atoms with Crippen LogP contribution in [0.3, 0.4) is 0 Å². The van der Waals surface area contributed by atoms with Gasteiger partial charge in [-0.25, -0.2) is 0 Å². The van der Waals surface area contributed by atoms with E-state index in [0.29, 0.717) is 0 Å². The fourth-order valence-electron chi connectivity index (χ4n) is 22.2. The lowest BCUT2D eigenvalue weighted by atomic mass is 9.99. The van der Waals surface area contributed by atoms with Crippen LogP contribution in [-0.2, 0) is 0 Å². The summed E-state index contributed by atoms with van der Waals surface area (Å²) in [5, 5.41) is 22.7. The van der Waals surface area contributed by atoms with Gasteiger partial charge in [-0.3, -0.25) is 0 Å². The molecular formula is C126H78N6OS2. The minimum absolute atomic E-state index is 0.916. The highest BCUT2D eigenvalue weighted by molar-refractivity contribution is 7.26. The molecule has 0 fully saturated rings. The Bertz CT molecular complexity index is 9660. The number of thiophene rings is 2. The number of fused-ring (bicyclic) bond motifs is 30. The molecular weight excluding hydrogens is 1680 g/mol. The van der Waals surface area contributed by atoms with Gasteiger partial charge in [0.2, 0.25) is 0 Å². The first-order chi connectivity index (χ1) is 67.0. The van der Waals surface area contributed by atoms with E-state index in [2.05, 4.69) is 488 Å². The van der Waals surface area contributed by atoms with Gasteiger partial charge in [-0.2, -0.15) is 0 Å². The Balaban J connectivity index is 0.000000101. The van der Waals surface area contributed by atoms with E-state index in [1.54, 1.807) is 0 Å². The maximum Gasteiger partial charge on any atom is 0.143 e. The van der Waals surface area contributed by atoms with Gasteiger partial charge < -0.3 is 31.8 Å². The quantitative estimate of drug-likeness (QED) is 0.142. The van der Waals surface area contributed by atoms with Gasteiger partial charge >= 0.3 is 0 Å². The molecule has 30 rings (SSSR count). The monoisotopic (exact) mass is 1750 g/mol. The molecule has 9 heteroatoms. The summed E-state index contributed by atoms with van der Waals surface area (Å²) in [6.45, 7) is 0. The van der Waals surface area contributed by atoms with Crippen LogP contribution in [0.5, 0.6) is 0 Å². The van der Waals surface area contributed by atoms with Gasteiger partial charge in [0, 0.05) is 155 Å². The molecule has 0 aliphatic rings. The molecule has 0 saturated heterocycles. The molecule has 135 heavy (non-hydrogen) atoms. The number of hydrogen-bond acceptors (Lipinski definition) is 3. The molecule has 0 aliphatic heterocycles. The van der Waals surface area contributed by atoms with Crippen LogP contribution in [0.25, 0.3) is 261 Å².